The van der Waals surface area contributed by atoms with E-state index in [1.54, 1.807) is 0 Å². The van der Waals surface area contributed by atoms with E-state index in [1.807, 2.05) is 27.7 Å². The van der Waals surface area contributed by atoms with Gasteiger partial charge in [-0.05, 0) is 40.5 Å². The van der Waals surface area contributed by atoms with E-state index in [0.29, 0.717) is 12.5 Å². The highest BCUT2D eigenvalue weighted by molar-refractivity contribution is 5.69. The minimum atomic E-state index is -0.355. The Kier molecular flexibility index (Phi) is 7.39. The second kappa shape index (κ2) is 7.66. The maximum Gasteiger partial charge on any atom is 0.306 e. The molecule has 1 unspecified atom stereocenters. The molecule has 3 nitrogen and oxygen atoms in total. The van der Waals surface area contributed by atoms with Crippen LogP contribution in [-0.4, -0.2) is 17.6 Å². The maximum absolute atomic E-state index is 11.4. The topological polar surface area (TPSA) is 52.3 Å². The standard InChI is InChI=1S/C13H27NO2/c1-11(14)9-7-5-6-8-10-12(15)16-13(2,3)4/h11H,5-10,14H2,1-4H3. The van der Waals surface area contributed by atoms with Gasteiger partial charge in [0, 0.05) is 12.5 Å². The largest absolute Gasteiger partial charge is 0.460 e. The maximum atomic E-state index is 11.4. The second-order valence-corrected chi connectivity index (χ2v) is 5.52. The number of unbranched alkanes of at least 4 members (excludes halogenated alkanes) is 3. The molecule has 0 aromatic carbocycles. The fourth-order valence-electron chi connectivity index (χ4n) is 1.48. The first-order valence-electron chi connectivity index (χ1n) is 6.28. The highest BCUT2D eigenvalue weighted by atomic mass is 16.6. The smallest absolute Gasteiger partial charge is 0.306 e. The molecular formula is C13H27NO2. The molecule has 0 fully saturated rings. The van der Waals surface area contributed by atoms with E-state index in [1.165, 1.54) is 0 Å². The number of hydrogen-bond acceptors (Lipinski definition) is 3. The SMILES string of the molecule is CC(N)CCCCCCC(=O)OC(C)(C)C. The van der Waals surface area contributed by atoms with Gasteiger partial charge in [0.05, 0.1) is 0 Å². The van der Waals surface area contributed by atoms with Gasteiger partial charge in [-0.2, -0.15) is 0 Å². The predicted octanol–water partition coefficient (Wildman–Crippen LogP) is 3.02. The van der Waals surface area contributed by atoms with Crippen molar-refractivity contribution in [2.24, 2.45) is 5.73 Å². The summed E-state index contributed by atoms with van der Waals surface area (Å²) >= 11 is 0. The van der Waals surface area contributed by atoms with Gasteiger partial charge in [0.2, 0.25) is 0 Å². The molecule has 0 rings (SSSR count). The molecule has 3 heteroatoms. The van der Waals surface area contributed by atoms with Crippen LogP contribution in [0.5, 0.6) is 0 Å². The van der Waals surface area contributed by atoms with Crippen LogP contribution < -0.4 is 5.73 Å². The summed E-state index contributed by atoms with van der Waals surface area (Å²) in [6.07, 6.45) is 5.94. The summed E-state index contributed by atoms with van der Waals surface area (Å²) in [6.45, 7) is 7.72. The first-order valence-corrected chi connectivity index (χ1v) is 6.28. The van der Waals surface area contributed by atoms with E-state index in [2.05, 4.69) is 0 Å². The Balaban J connectivity index is 3.35. The number of esters is 1. The Hall–Kier alpha value is -0.570. The third kappa shape index (κ3) is 11.5. The van der Waals surface area contributed by atoms with Crippen molar-refractivity contribution in [2.45, 2.75) is 77.9 Å². The first kappa shape index (κ1) is 15.4. The molecule has 0 heterocycles. The van der Waals surface area contributed by atoms with Crippen molar-refractivity contribution in [1.29, 1.82) is 0 Å². The second-order valence-electron chi connectivity index (χ2n) is 5.52. The molecule has 0 bridgehead atoms. The van der Waals surface area contributed by atoms with Crippen LogP contribution in [0, 0.1) is 0 Å². The molecule has 0 saturated heterocycles. The molecule has 0 aliphatic heterocycles. The average molecular weight is 229 g/mol. The molecule has 96 valence electrons. The highest BCUT2D eigenvalue weighted by Crippen LogP contribution is 2.11. The van der Waals surface area contributed by atoms with Gasteiger partial charge in [-0.25, -0.2) is 0 Å². The number of hydrogen-bond donors (Lipinski definition) is 1. The summed E-state index contributed by atoms with van der Waals surface area (Å²) in [6, 6.07) is 0.297. The summed E-state index contributed by atoms with van der Waals surface area (Å²) in [7, 11) is 0. The van der Waals surface area contributed by atoms with E-state index in [0.717, 1.165) is 32.1 Å². The first-order chi connectivity index (χ1) is 7.31. The van der Waals surface area contributed by atoms with Gasteiger partial charge < -0.3 is 10.5 Å². The number of rotatable bonds is 7. The van der Waals surface area contributed by atoms with Crippen molar-refractivity contribution in [1.82, 2.24) is 0 Å². The summed E-state index contributed by atoms with van der Waals surface area (Å²) < 4.78 is 5.22. The van der Waals surface area contributed by atoms with Crippen LogP contribution >= 0.6 is 0 Å². The lowest BCUT2D eigenvalue weighted by atomic mass is 10.1. The molecule has 0 aromatic heterocycles. The van der Waals surface area contributed by atoms with Gasteiger partial charge in [0.25, 0.3) is 0 Å². The normalized spacial score (nSPS) is 13.6. The van der Waals surface area contributed by atoms with Gasteiger partial charge in [0.1, 0.15) is 5.60 Å². The predicted molar refractivity (Wildman–Crippen MR) is 67.2 cm³/mol. The molecule has 0 aliphatic carbocycles. The number of carbonyl (C=O) groups is 1. The lowest BCUT2D eigenvalue weighted by Crippen LogP contribution is -2.23. The Bertz CT molecular complexity index is 195. The fourth-order valence-corrected chi connectivity index (χ4v) is 1.48. The van der Waals surface area contributed by atoms with Gasteiger partial charge >= 0.3 is 5.97 Å². The molecule has 16 heavy (non-hydrogen) atoms. The zero-order valence-electron chi connectivity index (χ0n) is 11.2. The Morgan fingerprint density at radius 1 is 1.19 bits per heavy atom. The molecule has 0 aromatic rings. The molecular weight excluding hydrogens is 202 g/mol. The van der Waals surface area contributed by atoms with Crippen molar-refractivity contribution < 1.29 is 9.53 Å². The van der Waals surface area contributed by atoms with Gasteiger partial charge in [-0.15, -0.1) is 0 Å². The van der Waals surface area contributed by atoms with Gasteiger partial charge in [-0.3, -0.25) is 4.79 Å². The molecule has 0 spiro atoms. The Morgan fingerprint density at radius 2 is 1.75 bits per heavy atom. The van der Waals surface area contributed by atoms with Gasteiger partial charge in [0.15, 0.2) is 0 Å². The quantitative estimate of drug-likeness (QED) is 0.539. The summed E-state index contributed by atoms with van der Waals surface area (Å²) in [5.41, 5.74) is 5.30. The Labute approximate surface area is 99.7 Å². The zero-order chi connectivity index (χ0) is 12.6. The molecule has 2 N–H and O–H groups in total. The fraction of sp³-hybridized carbons (Fsp3) is 0.923. The average Bonchev–Trinajstić information content (AvgIpc) is 2.07. The minimum Gasteiger partial charge on any atom is -0.460 e. The van der Waals surface area contributed by atoms with Crippen molar-refractivity contribution in [3.63, 3.8) is 0 Å². The van der Waals surface area contributed by atoms with Crippen molar-refractivity contribution in [3.05, 3.63) is 0 Å². The van der Waals surface area contributed by atoms with Crippen molar-refractivity contribution in [3.8, 4) is 0 Å². The monoisotopic (exact) mass is 229 g/mol. The molecule has 0 amide bonds. The minimum absolute atomic E-state index is 0.0836. The number of nitrogens with two attached hydrogens (primary N) is 1. The Morgan fingerprint density at radius 3 is 2.25 bits per heavy atom. The third-order valence-corrected chi connectivity index (χ3v) is 2.21. The van der Waals surface area contributed by atoms with E-state index in [9.17, 15) is 4.79 Å². The lowest BCUT2D eigenvalue weighted by molar-refractivity contribution is -0.154. The summed E-state index contributed by atoms with van der Waals surface area (Å²) in [5, 5.41) is 0. The van der Waals surface area contributed by atoms with Crippen molar-refractivity contribution >= 4 is 5.97 Å². The van der Waals surface area contributed by atoms with Crippen LogP contribution in [0.25, 0.3) is 0 Å². The van der Waals surface area contributed by atoms with E-state index >= 15 is 0 Å². The zero-order valence-corrected chi connectivity index (χ0v) is 11.2. The van der Waals surface area contributed by atoms with Crippen LogP contribution in [0.4, 0.5) is 0 Å². The van der Waals surface area contributed by atoms with Crippen LogP contribution in [0.1, 0.15) is 66.2 Å². The molecule has 0 radical (unpaired) electrons. The molecule has 0 saturated carbocycles. The number of carbonyl (C=O) groups excluding carboxylic acids is 1. The van der Waals surface area contributed by atoms with Crippen LogP contribution in [-0.2, 0) is 9.53 Å². The molecule has 0 aliphatic rings. The van der Waals surface area contributed by atoms with E-state index in [-0.39, 0.29) is 11.6 Å². The lowest BCUT2D eigenvalue weighted by Gasteiger charge is -2.19. The van der Waals surface area contributed by atoms with Crippen LogP contribution in [0.3, 0.4) is 0 Å². The molecule has 1 atom stereocenters. The number of ether oxygens (including phenoxy) is 1. The van der Waals surface area contributed by atoms with Crippen LogP contribution in [0.15, 0.2) is 0 Å². The van der Waals surface area contributed by atoms with Crippen molar-refractivity contribution in [2.75, 3.05) is 0 Å². The van der Waals surface area contributed by atoms with E-state index in [4.69, 9.17) is 10.5 Å². The van der Waals surface area contributed by atoms with E-state index < -0.39 is 0 Å². The van der Waals surface area contributed by atoms with Crippen LogP contribution in [0.2, 0.25) is 0 Å². The highest BCUT2D eigenvalue weighted by Gasteiger charge is 2.15. The summed E-state index contributed by atoms with van der Waals surface area (Å²) in [4.78, 5) is 11.4. The van der Waals surface area contributed by atoms with Gasteiger partial charge in [-0.1, -0.05) is 19.3 Å². The third-order valence-electron chi connectivity index (χ3n) is 2.21. The summed E-state index contributed by atoms with van der Waals surface area (Å²) in [5.74, 6) is -0.0836.